The largest absolute Gasteiger partial charge is 0.497 e. The molecule has 0 bridgehead atoms. The molecule has 3 aromatic rings. The molecule has 0 aliphatic carbocycles. The Morgan fingerprint density at radius 3 is 2.62 bits per heavy atom. The summed E-state index contributed by atoms with van der Waals surface area (Å²) in [6.07, 6.45) is 1.14. The zero-order chi connectivity index (χ0) is 18.8. The summed E-state index contributed by atoms with van der Waals surface area (Å²) in [4.78, 5) is 25.2. The third-order valence-corrected chi connectivity index (χ3v) is 4.36. The maximum Gasteiger partial charge on any atom is 0.262 e. The molecule has 1 aromatic heterocycles. The first-order valence-corrected chi connectivity index (χ1v) is 8.07. The molecular formula is C19H16ClNO5. The highest BCUT2D eigenvalue weighted by molar-refractivity contribution is 6.32. The van der Waals surface area contributed by atoms with Crippen molar-refractivity contribution in [3.05, 3.63) is 63.0 Å². The average Bonchev–Trinajstić information content (AvgIpc) is 2.64. The van der Waals surface area contributed by atoms with Gasteiger partial charge in [-0.2, -0.15) is 0 Å². The molecule has 0 aliphatic heterocycles. The van der Waals surface area contributed by atoms with Gasteiger partial charge in [-0.1, -0.05) is 11.6 Å². The molecular weight excluding hydrogens is 358 g/mol. The van der Waals surface area contributed by atoms with Crippen molar-refractivity contribution in [2.45, 2.75) is 6.92 Å². The van der Waals surface area contributed by atoms with Crippen LogP contribution in [0.3, 0.4) is 0 Å². The second-order valence-electron chi connectivity index (χ2n) is 5.60. The van der Waals surface area contributed by atoms with Crippen molar-refractivity contribution in [1.29, 1.82) is 0 Å². The molecule has 1 amide bonds. The second-order valence-corrected chi connectivity index (χ2v) is 6.00. The van der Waals surface area contributed by atoms with E-state index in [1.54, 1.807) is 31.2 Å². The van der Waals surface area contributed by atoms with E-state index < -0.39 is 11.3 Å². The summed E-state index contributed by atoms with van der Waals surface area (Å²) in [5.74, 6) is 0.373. The van der Waals surface area contributed by atoms with Gasteiger partial charge in [-0.15, -0.1) is 0 Å². The fraction of sp³-hybridized carbons (Fsp3) is 0.158. The number of carbonyl (C=O) groups excluding carboxylic acids is 1. The van der Waals surface area contributed by atoms with E-state index in [9.17, 15) is 9.59 Å². The number of benzene rings is 2. The lowest BCUT2D eigenvalue weighted by molar-refractivity contribution is 0.102. The number of hydrogen-bond acceptors (Lipinski definition) is 5. The molecule has 0 spiro atoms. The molecule has 1 heterocycles. The molecule has 3 rings (SSSR count). The van der Waals surface area contributed by atoms with Gasteiger partial charge >= 0.3 is 0 Å². The van der Waals surface area contributed by atoms with Gasteiger partial charge in [0.2, 0.25) is 5.43 Å². The zero-order valence-electron chi connectivity index (χ0n) is 14.4. The maximum atomic E-state index is 12.6. The first kappa shape index (κ1) is 17.8. The highest BCUT2D eigenvalue weighted by Gasteiger charge is 2.17. The predicted molar refractivity (Wildman–Crippen MR) is 99.7 cm³/mol. The first-order valence-electron chi connectivity index (χ1n) is 7.69. The molecule has 7 heteroatoms. The molecule has 26 heavy (non-hydrogen) atoms. The van der Waals surface area contributed by atoms with Crippen LogP contribution < -0.4 is 20.2 Å². The monoisotopic (exact) mass is 373 g/mol. The molecule has 0 fully saturated rings. The van der Waals surface area contributed by atoms with Crippen LogP contribution in [-0.2, 0) is 0 Å². The summed E-state index contributed by atoms with van der Waals surface area (Å²) in [6, 6.07) is 8.08. The third kappa shape index (κ3) is 3.23. The Morgan fingerprint density at radius 1 is 1.15 bits per heavy atom. The van der Waals surface area contributed by atoms with Gasteiger partial charge < -0.3 is 19.2 Å². The van der Waals surface area contributed by atoms with Crippen LogP contribution in [0.25, 0.3) is 11.0 Å². The minimum absolute atomic E-state index is 0.129. The Bertz CT molecular complexity index is 1060. The molecule has 0 aliphatic rings. The van der Waals surface area contributed by atoms with Gasteiger partial charge in [-0.3, -0.25) is 9.59 Å². The Labute approximate surface area is 154 Å². The van der Waals surface area contributed by atoms with E-state index >= 15 is 0 Å². The maximum absolute atomic E-state index is 12.6. The lowest BCUT2D eigenvalue weighted by atomic mass is 10.1. The molecule has 0 unspecified atom stereocenters. The van der Waals surface area contributed by atoms with Gasteiger partial charge in [-0.25, -0.2) is 0 Å². The predicted octanol–water partition coefficient (Wildman–Crippen LogP) is 4.02. The Kier molecular flexibility index (Phi) is 4.86. The number of aryl methyl sites for hydroxylation is 1. The number of methoxy groups -OCH3 is 2. The molecule has 0 atom stereocenters. The Hall–Kier alpha value is -2.99. The van der Waals surface area contributed by atoms with E-state index in [-0.39, 0.29) is 10.9 Å². The van der Waals surface area contributed by atoms with Gasteiger partial charge in [0.25, 0.3) is 5.91 Å². The van der Waals surface area contributed by atoms with E-state index in [1.807, 2.05) is 0 Å². The average molecular weight is 374 g/mol. The number of halogens is 1. The van der Waals surface area contributed by atoms with Crippen molar-refractivity contribution in [1.82, 2.24) is 0 Å². The lowest BCUT2D eigenvalue weighted by Crippen LogP contribution is -2.21. The summed E-state index contributed by atoms with van der Waals surface area (Å²) in [5, 5.41) is 3.32. The standard InChI is InChI=1S/C19H16ClNO5/c1-10-6-16-12(8-14(10)20)18(22)13(9-26-16)19(23)21-15-5-4-11(24-2)7-17(15)25-3/h4-9H,1-3H3,(H,21,23). The van der Waals surface area contributed by atoms with Gasteiger partial charge in [0, 0.05) is 11.1 Å². The topological polar surface area (TPSA) is 77.8 Å². The number of hydrogen-bond donors (Lipinski definition) is 1. The number of fused-ring (bicyclic) bond motifs is 1. The van der Waals surface area contributed by atoms with E-state index in [0.717, 1.165) is 11.8 Å². The van der Waals surface area contributed by atoms with Crippen molar-refractivity contribution in [2.75, 3.05) is 19.5 Å². The van der Waals surface area contributed by atoms with E-state index in [2.05, 4.69) is 5.32 Å². The van der Waals surface area contributed by atoms with Crippen molar-refractivity contribution in [3.8, 4) is 11.5 Å². The number of rotatable bonds is 4. The number of amides is 1. The first-order chi connectivity index (χ1) is 12.4. The summed E-state index contributed by atoms with van der Waals surface area (Å²) >= 11 is 6.08. The molecule has 0 saturated carbocycles. The molecule has 0 saturated heterocycles. The van der Waals surface area contributed by atoms with Crippen LogP contribution >= 0.6 is 11.6 Å². The normalized spacial score (nSPS) is 10.6. The highest BCUT2D eigenvalue weighted by atomic mass is 35.5. The molecule has 0 radical (unpaired) electrons. The minimum Gasteiger partial charge on any atom is -0.497 e. The van der Waals surface area contributed by atoms with Crippen LogP contribution in [0.2, 0.25) is 5.02 Å². The fourth-order valence-electron chi connectivity index (χ4n) is 2.50. The molecule has 6 nitrogen and oxygen atoms in total. The molecule has 2 aromatic carbocycles. The Morgan fingerprint density at radius 2 is 1.92 bits per heavy atom. The molecule has 1 N–H and O–H groups in total. The zero-order valence-corrected chi connectivity index (χ0v) is 15.1. The lowest BCUT2D eigenvalue weighted by Gasteiger charge is -2.11. The molecule has 134 valence electrons. The van der Waals surface area contributed by atoms with Crippen LogP contribution in [0.5, 0.6) is 11.5 Å². The number of carbonyl (C=O) groups is 1. The summed E-state index contributed by atoms with van der Waals surface area (Å²) in [6.45, 7) is 1.80. The van der Waals surface area contributed by atoms with Crippen LogP contribution in [-0.4, -0.2) is 20.1 Å². The van der Waals surface area contributed by atoms with Gasteiger partial charge in [0.1, 0.15) is 28.9 Å². The van der Waals surface area contributed by atoms with Crippen molar-refractivity contribution in [2.24, 2.45) is 0 Å². The Balaban J connectivity index is 1.99. The van der Waals surface area contributed by atoms with Gasteiger partial charge in [0.05, 0.1) is 25.3 Å². The van der Waals surface area contributed by atoms with Crippen molar-refractivity contribution >= 4 is 34.2 Å². The number of anilines is 1. The quantitative estimate of drug-likeness (QED) is 0.747. The van der Waals surface area contributed by atoms with E-state index in [4.69, 9.17) is 25.5 Å². The minimum atomic E-state index is -0.610. The van der Waals surface area contributed by atoms with Crippen LogP contribution in [0.15, 0.2) is 45.8 Å². The summed E-state index contributed by atoms with van der Waals surface area (Å²) < 4.78 is 15.8. The fourth-order valence-corrected chi connectivity index (χ4v) is 2.66. The van der Waals surface area contributed by atoms with Gasteiger partial charge in [-0.05, 0) is 36.8 Å². The van der Waals surface area contributed by atoms with Crippen LogP contribution in [0, 0.1) is 6.92 Å². The SMILES string of the molecule is COc1ccc(NC(=O)c2coc3cc(C)c(Cl)cc3c2=O)c(OC)c1. The van der Waals surface area contributed by atoms with Crippen LogP contribution in [0.1, 0.15) is 15.9 Å². The van der Waals surface area contributed by atoms with Crippen molar-refractivity contribution in [3.63, 3.8) is 0 Å². The smallest absolute Gasteiger partial charge is 0.262 e. The number of ether oxygens (including phenoxy) is 2. The third-order valence-electron chi connectivity index (χ3n) is 3.96. The van der Waals surface area contributed by atoms with E-state index in [0.29, 0.717) is 27.8 Å². The summed E-state index contributed by atoms with van der Waals surface area (Å²) in [7, 11) is 3.00. The number of nitrogens with one attached hydrogen (secondary N) is 1. The van der Waals surface area contributed by atoms with E-state index in [1.165, 1.54) is 20.3 Å². The second kappa shape index (κ2) is 7.09. The summed E-state index contributed by atoms with van der Waals surface area (Å²) in [5.41, 5.74) is 0.964. The van der Waals surface area contributed by atoms with Crippen molar-refractivity contribution < 1.29 is 18.7 Å². The van der Waals surface area contributed by atoms with Crippen LogP contribution in [0.4, 0.5) is 5.69 Å². The van der Waals surface area contributed by atoms with Gasteiger partial charge in [0.15, 0.2) is 0 Å². The highest BCUT2D eigenvalue weighted by Crippen LogP contribution is 2.29.